The minimum atomic E-state index is -3.66. The number of sulfonamides is 1. The lowest BCUT2D eigenvalue weighted by Crippen LogP contribution is -2.41. The molecule has 3 aromatic rings. The molecule has 1 aliphatic heterocycles. The lowest BCUT2D eigenvalue weighted by atomic mass is 9.97. The van der Waals surface area contributed by atoms with Crippen LogP contribution in [0.15, 0.2) is 65.6 Å². The SMILES string of the molecule is Cc1c(NC(=O)C2CCN(S(=O)(=O)c3ccc4ccccc4c3)CC2)cccc1[N+](=O)[O-]. The summed E-state index contributed by atoms with van der Waals surface area (Å²) in [7, 11) is -3.66. The third-order valence-corrected chi connectivity index (χ3v) is 7.84. The van der Waals surface area contributed by atoms with Crippen LogP contribution >= 0.6 is 0 Å². The van der Waals surface area contributed by atoms with Gasteiger partial charge in [-0.05, 0) is 48.7 Å². The Morgan fingerprint density at radius 2 is 1.72 bits per heavy atom. The number of hydrogen-bond acceptors (Lipinski definition) is 5. The Bertz CT molecular complexity index is 1300. The number of hydrogen-bond donors (Lipinski definition) is 1. The first kappa shape index (κ1) is 21.9. The van der Waals surface area contributed by atoms with Crippen molar-refractivity contribution in [1.82, 2.24) is 4.31 Å². The highest BCUT2D eigenvalue weighted by atomic mass is 32.2. The van der Waals surface area contributed by atoms with Gasteiger partial charge in [0.25, 0.3) is 5.69 Å². The van der Waals surface area contributed by atoms with Crippen LogP contribution in [0.4, 0.5) is 11.4 Å². The highest BCUT2D eigenvalue weighted by molar-refractivity contribution is 7.89. The van der Waals surface area contributed by atoms with E-state index in [0.717, 1.165) is 10.8 Å². The molecule has 0 radical (unpaired) electrons. The van der Waals surface area contributed by atoms with E-state index < -0.39 is 14.9 Å². The number of fused-ring (bicyclic) bond motifs is 1. The van der Waals surface area contributed by atoms with Crippen molar-refractivity contribution < 1.29 is 18.1 Å². The van der Waals surface area contributed by atoms with Crippen LogP contribution < -0.4 is 5.32 Å². The van der Waals surface area contributed by atoms with Crippen molar-refractivity contribution in [3.8, 4) is 0 Å². The lowest BCUT2D eigenvalue weighted by Gasteiger charge is -2.30. The van der Waals surface area contributed by atoms with Crippen molar-refractivity contribution in [3.05, 3.63) is 76.3 Å². The second-order valence-corrected chi connectivity index (χ2v) is 9.82. The van der Waals surface area contributed by atoms with E-state index in [1.54, 1.807) is 31.2 Å². The molecule has 0 saturated carbocycles. The Morgan fingerprint density at radius 3 is 2.41 bits per heavy atom. The smallest absolute Gasteiger partial charge is 0.274 e. The maximum absolute atomic E-state index is 13.1. The summed E-state index contributed by atoms with van der Waals surface area (Å²) in [6.45, 7) is 2.06. The molecule has 0 atom stereocenters. The molecule has 9 heteroatoms. The number of anilines is 1. The van der Waals surface area contributed by atoms with Gasteiger partial charge in [0.05, 0.1) is 21.1 Å². The van der Waals surface area contributed by atoms with Crippen LogP contribution in [0.25, 0.3) is 10.8 Å². The van der Waals surface area contributed by atoms with Crippen molar-refractivity contribution in [1.29, 1.82) is 0 Å². The standard InChI is InChI=1S/C23H23N3O5S/c1-16-21(7-4-8-22(16)26(28)29)24-23(27)18-11-13-25(14-12-18)32(30,31)20-10-9-17-5-2-3-6-19(17)15-20/h2-10,15,18H,11-14H2,1H3,(H,24,27). The zero-order chi connectivity index (χ0) is 22.9. The number of nitrogens with zero attached hydrogens (tertiary/aromatic N) is 2. The predicted octanol–water partition coefficient (Wildman–Crippen LogP) is 4.10. The third-order valence-electron chi connectivity index (χ3n) is 5.94. The van der Waals surface area contributed by atoms with Crippen molar-refractivity contribution in [2.45, 2.75) is 24.7 Å². The van der Waals surface area contributed by atoms with E-state index >= 15 is 0 Å². The molecule has 1 N–H and O–H groups in total. The largest absolute Gasteiger partial charge is 0.325 e. The van der Waals surface area contributed by atoms with Gasteiger partial charge in [0.1, 0.15) is 0 Å². The highest BCUT2D eigenvalue weighted by Crippen LogP contribution is 2.29. The quantitative estimate of drug-likeness (QED) is 0.462. The molecule has 1 fully saturated rings. The first-order valence-corrected chi connectivity index (χ1v) is 11.8. The topological polar surface area (TPSA) is 110 Å². The van der Waals surface area contributed by atoms with Crippen molar-refractivity contribution in [2.24, 2.45) is 5.92 Å². The molecular formula is C23H23N3O5S. The molecule has 4 rings (SSSR count). The molecule has 0 spiro atoms. The first-order chi connectivity index (χ1) is 15.3. The fourth-order valence-electron chi connectivity index (χ4n) is 4.03. The number of piperidine rings is 1. The number of nitro groups is 1. The third kappa shape index (κ3) is 4.21. The molecule has 1 saturated heterocycles. The summed E-state index contributed by atoms with van der Waals surface area (Å²) in [4.78, 5) is 23.6. The van der Waals surface area contributed by atoms with E-state index in [2.05, 4.69) is 5.32 Å². The van der Waals surface area contributed by atoms with E-state index in [4.69, 9.17) is 0 Å². The number of carbonyl (C=O) groups excluding carboxylic acids is 1. The van der Waals surface area contributed by atoms with Gasteiger partial charge in [0.15, 0.2) is 0 Å². The maximum Gasteiger partial charge on any atom is 0.274 e. The van der Waals surface area contributed by atoms with E-state index in [1.165, 1.54) is 16.4 Å². The monoisotopic (exact) mass is 453 g/mol. The molecule has 8 nitrogen and oxygen atoms in total. The van der Waals surface area contributed by atoms with Crippen LogP contribution in [0.3, 0.4) is 0 Å². The molecule has 0 aliphatic carbocycles. The lowest BCUT2D eigenvalue weighted by molar-refractivity contribution is -0.385. The zero-order valence-electron chi connectivity index (χ0n) is 17.5. The van der Waals surface area contributed by atoms with E-state index in [9.17, 15) is 23.3 Å². The normalized spacial score (nSPS) is 15.5. The summed E-state index contributed by atoms with van der Waals surface area (Å²) in [5.41, 5.74) is 0.733. The molecule has 0 bridgehead atoms. The Hall–Kier alpha value is -3.30. The number of nitro benzene ring substituents is 1. The number of benzene rings is 3. The fraction of sp³-hybridized carbons (Fsp3) is 0.261. The number of nitrogens with one attached hydrogen (secondary N) is 1. The number of carbonyl (C=O) groups is 1. The molecule has 32 heavy (non-hydrogen) atoms. The van der Waals surface area contributed by atoms with Gasteiger partial charge in [-0.3, -0.25) is 14.9 Å². The molecule has 1 amide bonds. The number of amides is 1. The Balaban J connectivity index is 1.44. The molecule has 3 aromatic carbocycles. The average molecular weight is 454 g/mol. The summed E-state index contributed by atoms with van der Waals surface area (Å²) in [6.07, 6.45) is 0.763. The second-order valence-electron chi connectivity index (χ2n) is 7.88. The van der Waals surface area contributed by atoms with Gasteiger partial charge in [-0.2, -0.15) is 4.31 Å². The van der Waals surface area contributed by atoms with Crippen molar-refractivity contribution in [2.75, 3.05) is 18.4 Å². The molecule has 0 unspecified atom stereocenters. The molecule has 1 aliphatic rings. The van der Waals surface area contributed by atoms with Crippen LogP contribution in [0.2, 0.25) is 0 Å². The Labute approximate surface area is 186 Å². The fourth-order valence-corrected chi connectivity index (χ4v) is 5.53. The minimum Gasteiger partial charge on any atom is -0.325 e. The predicted molar refractivity (Wildman–Crippen MR) is 122 cm³/mol. The Kier molecular flexibility index (Phi) is 5.94. The Morgan fingerprint density at radius 1 is 1.03 bits per heavy atom. The molecular weight excluding hydrogens is 430 g/mol. The van der Waals surface area contributed by atoms with E-state index in [1.807, 2.05) is 24.3 Å². The first-order valence-electron chi connectivity index (χ1n) is 10.3. The summed E-state index contributed by atoms with van der Waals surface area (Å²) < 4.78 is 27.6. The number of rotatable bonds is 5. The summed E-state index contributed by atoms with van der Waals surface area (Å²) in [6, 6.07) is 17.2. The molecule has 166 valence electrons. The van der Waals surface area contributed by atoms with Gasteiger partial charge in [-0.25, -0.2) is 8.42 Å². The van der Waals surface area contributed by atoms with Crippen LogP contribution in [-0.4, -0.2) is 36.6 Å². The van der Waals surface area contributed by atoms with Gasteiger partial charge in [-0.1, -0.05) is 36.4 Å². The summed E-state index contributed by atoms with van der Waals surface area (Å²) in [5, 5.41) is 15.7. The second kappa shape index (κ2) is 8.68. The molecule has 0 aromatic heterocycles. The van der Waals surface area contributed by atoms with Crippen LogP contribution in [0, 0.1) is 23.0 Å². The summed E-state index contributed by atoms with van der Waals surface area (Å²) in [5.74, 6) is -0.618. The molecule has 1 heterocycles. The highest BCUT2D eigenvalue weighted by Gasteiger charge is 2.32. The van der Waals surface area contributed by atoms with Gasteiger partial charge >= 0.3 is 0 Å². The van der Waals surface area contributed by atoms with Gasteiger partial charge in [0.2, 0.25) is 15.9 Å². The van der Waals surface area contributed by atoms with Gasteiger partial charge in [-0.15, -0.1) is 0 Å². The van der Waals surface area contributed by atoms with Gasteiger partial charge < -0.3 is 5.32 Å². The minimum absolute atomic E-state index is 0.0564. The zero-order valence-corrected chi connectivity index (χ0v) is 18.3. The van der Waals surface area contributed by atoms with Crippen molar-refractivity contribution in [3.63, 3.8) is 0 Å². The van der Waals surface area contributed by atoms with Crippen LogP contribution in [0.1, 0.15) is 18.4 Å². The van der Waals surface area contributed by atoms with E-state index in [0.29, 0.717) is 24.1 Å². The van der Waals surface area contributed by atoms with Crippen LogP contribution in [-0.2, 0) is 14.8 Å². The van der Waals surface area contributed by atoms with Gasteiger partial charge in [0, 0.05) is 25.1 Å². The average Bonchev–Trinajstić information content (AvgIpc) is 2.80. The van der Waals surface area contributed by atoms with Crippen molar-refractivity contribution >= 4 is 38.1 Å². The van der Waals surface area contributed by atoms with E-state index in [-0.39, 0.29) is 35.5 Å². The maximum atomic E-state index is 13.1. The summed E-state index contributed by atoms with van der Waals surface area (Å²) >= 11 is 0. The van der Waals surface area contributed by atoms with Crippen LogP contribution in [0.5, 0.6) is 0 Å².